The maximum Gasteiger partial charge on any atom is 0.340 e. The molecular formula is C30H30N2O7S. The van der Waals surface area contributed by atoms with Crippen LogP contribution in [0.5, 0.6) is 11.5 Å². The van der Waals surface area contributed by atoms with Crippen LogP contribution < -0.4 is 13.8 Å². The molecule has 0 spiro atoms. The monoisotopic (exact) mass is 562 g/mol. The molecule has 0 N–H and O–H groups in total. The van der Waals surface area contributed by atoms with Crippen molar-refractivity contribution in [1.29, 1.82) is 0 Å². The van der Waals surface area contributed by atoms with Crippen LogP contribution in [0.25, 0.3) is 10.9 Å². The van der Waals surface area contributed by atoms with Crippen LogP contribution in [0.1, 0.15) is 41.5 Å². The van der Waals surface area contributed by atoms with Crippen molar-refractivity contribution in [2.75, 3.05) is 25.1 Å². The molecule has 5 rings (SSSR count). The first-order chi connectivity index (χ1) is 19.0. The van der Waals surface area contributed by atoms with Crippen LogP contribution in [-0.2, 0) is 20.2 Å². The molecule has 0 radical (unpaired) electrons. The van der Waals surface area contributed by atoms with Gasteiger partial charge in [-0.05, 0) is 53.4 Å². The van der Waals surface area contributed by atoms with E-state index in [4.69, 9.17) is 14.2 Å². The third-order valence-electron chi connectivity index (χ3n) is 6.97. The molecule has 0 unspecified atom stereocenters. The summed E-state index contributed by atoms with van der Waals surface area (Å²) in [5.41, 5.74) is 1.70. The van der Waals surface area contributed by atoms with Crippen molar-refractivity contribution in [2.24, 2.45) is 0 Å². The molecule has 1 aromatic heterocycles. The predicted molar refractivity (Wildman–Crippen MR) is 151 cm³/mol. The minimum Gasteiger partial charge on any atom is -0.497 e. The standard InChI is InChI=1S/C30H30N2O7S/c1-30(2,3)19-10-15-26-25(16-19)32(40(35,36)21-13-11-20(37-4)12-14-21)18-27(39-26)28(33)31-17-23(29(34)38-5)22-8-6-7-9-24(22)31/h6-17,27H,18H2,1-5H3/t27-/m1/s1. The van der Waals surface area contributed by atoms with E-state index in [1.54, 1.807) is 48.5 Å². The highest BCUT2D eigenvalue weighted by Gasteiger charge is 2.39. The molecule has 208 valence electrons. The number of benzene rings is 3. The Hall–Kier alpha value is -4.31. The van der Waals surface area contributed by atoms with Crippen molar-refractivity contribution in [3.63, 3.8) is 0 Å². The zero-order chi connectivity index (χ0) is 28.8. The van der Waals surface area contributed by atoms with Gasteiger partial charge in [-0.2, -0.15) is 0 Å². The first-order valence-electron chi connectivity index (χ1n) is 12.7. The Kier molecular flexibility index (Phi) is 6.83. The number of carbonyl (C=O) groups is 2. The second-order valence-corrected chi connectivity index (χ2v) is 12.4. The van der Waals surface area contributed by atoms with E-state index in [0.717, 1.165) is 5.56 Å². The number of ether oxygens (including phenoxy) is 3. The van der Waals surface area contributed by atoms with E-state index < -0.39 is 28.0 Å². The number of aromatic nitrogens is 1. The highest BCUT2D eigenvalue weighted by Crippen LogP contribution is 2.40. The van der Waals surface area contributed by atoms with E-state index in [0.29, 0.717) is 22.3 Å². The van der Waals surface area contributed by atoms with Crippen LogP contribution in [-0.4, -0.2) is 51.7 Å². The number of nitrogens with zero attached hydrogens (tertiary/aromatic N) is 2. The van der Waals surface area contributed by atoms with Crippen LogP contribution in [0, 0.1) is 0 Å². The van der Waals surface area contributed by atoms with Gasteiger partial charge in [0.1, 0.15) is 11.5 Å². The van der Waals surface area contributed by atoms with Crippen molar-refractivity contribution < 1.29 is 32.2 Å². The Balaban J connectivity index is 1.62. The van der Waals surface area contributed by atoms with Crippen LogP contribution in [0.15, 0.2) is 77.8 Å². The van der Waals surface area contributed by atoms with Crippen LogP contribution in [0.4, 0.5) is 5.69 Å². The van der Waals surface area contributed by atoms with E-state index in [1.807, 2.05) is 26.8 Å². The molecule has 0 saturated carbocycles. The van der Waals surface area contributed by atoms with Crippen LogP contribution in [0.2, 0.25) is 0 Å². The van der Waals surface area contributed by atoms with E-state index in [-0.39, 0.29) is 28.2 Å². The molecule has 0 bridgehead atoms. The van der Waals surface area contributed by atoms with E-state index >= 15 is 0 Å². The van der Waals surface area contributed by atoms with Gasteiger partial charge in [0.05, 0.1) is 42.4 Å². The molecule has 9 nitrogen and oxygen atoms in total. The lowest BCUT2D eigenvalue weighted by Gasteiger charge is -2.36. The highest BCUT2D eigenvalue weighted by molar-refractivity contribution is 7.92. The number of fused-ring (bicyclic) bond motifs is 2. The molecule has 0 fully saturated rings. The smallest absolute Gasteiger partial charge is 0.340 e. The summed E-state index contributed by atoms with van der Waals surface area (Å²) in [6.45, 7) is 5.82. The molecule has 0 saturated heterocycles. The SMILES string of the molecule is COC(=O)c1cn(C(=O)[C@H]2CN(S(=O)(=O)c3ccc(OC)cc3)c3cc(C(C)(C)C)ccc3O2)c2ccccc12. The van der Waals surface area contributed by atoms with Gasteiger partial charge in [-0.15, -0.1) is 0 Å². The Morgan fingerprint density at radius 3 is 2.33 bits per heavy atom. The van der Waals surface area contributed by atoms with Gasteiger partial charge < -0.3 is 14.2 Å². The summed E-state index contributed by atoms with van der Waals surface area (Å²) in [6.07, 6.45) is 0.213. The minimum absolute atomic E-state index is 0.0490. The Bertz CT molecular complexity index is 1720. The molecule has 1 aliphatic heterocycles. The molecule has 0 amide bonds. The van der Waals surface area contributed by atoms with Gasteiger partial charge in [0.15, 0.2) is 6.10 Å². The number of sulfonamides is 1. The molecular weight excluding hydrogens is 532 g/mol. The van der Waals surface area contributed by atoms with Gasteiger partial charge in [0, 0.05) is 11.6 Å². The minimum atomic E-state index is -4.10. The number of esters is 1. The zero-order valence-electron chi connectivity index (χ0n) is 22.9. The molecule has 1 atom stereocenters. The van der Waals surface area contributed by atoms with E-state index in [1.165, 1.54) is 41.4 Å². The largest absolute Gasteiger partial charge is 0.497 e. The predicted octanol–water partition coefficient (Wildman–Crippen LogP) is 5.03. The van der Waals surface area contributed by atoms with Gasteiger partial charge in [0.2, 0.25) is 0 Å². The first-order valence-corrected chi connectivity index (χ1v) is 14.1. The van der Waals surface area contributed by atoms with Gasteiger partial charge in [-0.1, -0.05) is 45.0 Å². The number of para-hydroxylation sites is 1. The van der Waals surface area contributed by atoms with Gasteiger partial charge in [0.25, 0.3) is 15.9 Å². The first kappa shape index (κ1) is 27.3. The van der Waals surface area contributed by atoms with Crippen molar-refractivity contribution in [3.05, 3.63) is 84.1 Å². The fourth-order valence-electron chi connectivity index (χ4n) is 4.74. The second-order valence-electron chi connectivity index (χ2n) is 10.5. The fourth-order valence-corrected chi connectivity index (χ4v) is 6.21. The third-order valence-corrected chi connectivity index (χ3v) is 8.77. The van der Waals surface area contributed by atoms with Crippen LogP contribution in [0.3, 0.4) is 0 Å². The lowest BCUT2D eigenvalue weighted by molar-refractivity contribution is 0.0602. The number of methoxy groups -OCH3 is 2. The lowest BCUT2D eigenvalue weighted by Crippen LogP contribution is -2.48. The molecule has 4 aromatic rings. The average Bonchev–Trinajstić information content (AvgIpc) is 3.34. The molecule has 0 aliphatic carbocycles. The second kappa shape index (κ2) is 10.0. The van der Waals surface area contributed by atoms with E-state index in [9.17, 15) is 18.0 Å². The summed E-state index contributed by atoms with van der Waals surface area (Å²) >= 11 is 0. The molecule has 1 aliphatic rings. The number of anilines is 1. The zero-order valence-corrected chi connectivity index (χ0v) is 23.7. The maximum atomic E-state index is 14.0. The average molecular weight is 563 g/mol. The normalized spacial score (nSPS) is 15.3. The van der Waals surface area contributed by atoms with Crippen molar-refractivity contribution in [1.82, 2.24) is 4.57 Å². The van der Waals surface area contributed by atoms with Crippen LogP contribution >= 0.6 is 0 Å². The highest BCUT2D eigenvalue weighted by atomic mass is 32.2. The van der Waals surface area contributed by atoms with Gasteiger partial charge >= 0.3 is 5.97 Å². The van der Waals surface area contributed by atoms with Crippen molar-refractivity contribution >= 4 is 38.5 Å². The summed E-state index contributed by atoms with van der Waals surface area (Å²) < 4.78 is 46.8. The fraction of sp³-hybridized carbons (Fsp3) is 0.267. The quantitative estimate of drug-likeness (QED) is 0.314. The summed E-state index contributed by atoms with van der Waals surface area (Å²) in [5.74, 6) is -0.326. The van der Waals surface area contributed by atoms with Crippen molar-refractivity contribution in [2.45, 2.75) is 37.2 Å². The Morgan fingerprint density at radius 1 is 0.975 bits per heavy atom. The summed E-state index contributed by atoms with van der Waals surface area (Å²) in [5, 5.41) is 0.538. The molecule has 2 heterocycles. The van der Waals surface area contributed by atoms with Gasteiger partial charge in [-0.25, -0.2) is 13.2 Å². The summed E-state index contributed by atoms with van der Waals surface area (Å²) in [4.78, 5) is 26.4. The third kappa shape index (κ3) is 4.68. The topological polar surface area (TPSA) is 104 Å². The van der Waals surface area contributed by atoms with Crippen molar-refractivity contribution in [3.8, 4) is 11.5 Å². The maximum absolute atomic E-state index is 14.0. The van der Waals surface area contributed by atoms with Gasteiger partial charge in [-0.3, -0.25) is 13.7 Å². The number of hydrogen-bond donors (Lipinski definition) is 0. The molecule has 10 heteroatoms. The summed E-state index contributed by atoms with van der Waals surface area (Å²) in [7, 11) is -1.33. The Morgan fingerprint density at radius 2 is 1.68 bits per heavy atom. The Labute approximate surface area is 232 Å². The molecule has 3 aromatic carbocycles. The van der Waals surface area contributed by atoms with E-state index in [2.05, 4.69) is 0 Å². The number of rotatable bonds is 5. The number of carbonyl (C=O) groups excluding carboxylic acids is 2. The molecule has 40 heavy (non-hydrogen) atoms. The summed E-state index contributed by atoms with van der Waals surface area (Å²) in [6, 6.07) is 18.4. The number of hydrogen-bond acceptors (Lipinski definition) is 7. The lowest BCUT2D eigenvalue weighted by atomic mass is 9.86.